The van der Waals surface area contributed by atoms with Gasteiger partial charge >= 0.3 is 0 Å². The first-order valence-electron chi connectivity index (χ1n) is 10.2. The van der Waals surface area contributed by atoms with Gasteiger partial charge in [0.1, 0.15) is 22.3 Å². The summed E-state index contributed by atoms with van der Waals surface area (Å²) in [6.45, 7) is 4.13. The fraction of sp³-hybridized carbons (Fsp3) is 0.261. The van der Waals surface area contributed by atoms with Crippen LogP contribution in [0.3, 0.4) is 0 Å². The summed E-state index contributed by atoms with van der Waals surface area (Å²) in [4.78, 5) is 24.6. The van der Waals surface area contributed by atoms with E-state index in [9.17, 15) is 14.0 Å². The van der Waals surface area contributed by atoms with E-state index in [1.807, 2.05) is 6.92 Å². The van der Waals surface area contributed by atoms with E-state index in [0.717, 1.165) is 11.1 Å². The van der Waals surface area contributed by atoms with Crippen LogP contribution in [0.1, 0.15) is 40.0 Å². The number of carbonyl (C=O) groups excluding carboxylic acids is 2. The topological polar surface area (TPSA) is 85.2 Å². The molecule has 0 fully saturated rings. The van der Waals surface area contributed by atoms with Gasteiger partial charge in [-0.05, 0) is 61.7 Å². The maximum absolute atomic E-state index is 13.1. The second kappa shape index (κ2) is 11.2. The van der Waals surface area contributed by atoms with Crippen LogP contribution in [-0.4, -0.2) is 28.2 Å². The minimum Gasteiger partial charge on any atom is -0.493 e. The van der Waals surface area contributed by atoms with E-state index in [1.165, 1.54) is 16.8 Å². The van der Waals surface area contributed by atoms with Crippen LogP contribution in [0.2, 0.25) is 10.2 Å². The zero-order valence-corrected chi connectivity index (χ0v) is 19.6. The molecule has 1 aromatic heterocycles. The molecule has 33 heavy (non-hydrogen) atoms. The molecule has 2 amide bonds. The molecule has 3 aromatic rings. The van der Waals surface area contributed by atoms with E-state index in [4.69, 9.17) is 27.9 Å². The van der Waals surface area contributed by atoms with Crippen molar-refractivity contribution in [2.24, 2.45) is 0 Å². The number of halogens is 3. The first kappa shape index (κ1) is 24.5. The smallest absolute Gasteiger partial charge is 0.274 e. The first-order valence-corrected chi connectivity index (χ1v) is 11.0. The quantitative estimate of drug-likeness (QED) is 0.355. The molecule has 174 valence electrons. The molecule has 0 unspecified atom stereocenters. The lowest BCUT2D eigenvalue weighted by atomic mass is 10.2. The van der Waals surface area contributed by atoms with Crippen molar-refractivity contribution in [3.63, 3.8) is 0 Å². The van der Waals surface area contributed by atoms with Crippen LogP contribution in [0.25, 0.3) is 0 Å². The predicted octanol–water partition coefficient (Wildman–Crippen LogP) is 4.61. The van der Waals surface area contributed by atoms with Crippen molar-refractivity contribution in [2.75, 3.05) is 6.61 Å². The normalized spacial score (nSPS) is 10.7. The molecule has 2 N–H and O–H groups in total. The Hall–Kier alpha value is -3.10. The largest absolute Gasteiger partial charge is 0.493 e. The lowest BCUT2D eigenvalue weighted by Crippen LogP contribution is -2.41. The SMILES string of the molecule is Cc1cc(Cl)ccc1OCCCC(=O)NNC(=O)c1c(C)nn(Cc2ccc(F)cc2)c1Cl. The van der Waals surface area contributed by atoms with Gasteiger partial charge < -0.3 is 4.74 Å². The van der Waals surface area contributed by atoms with Crippen molar-refractivity contribution >= 4 is 35.0 Å². The van der Waals surface area contributed by atoms with Crippen molar-refractivity contribution in [2.45, 2.75) is 33.2 Å². The minimum atomic E-state index is -0.579. The van der Waals surface area contributed by atoms with E-state index in [-0.39, 0.29) is 35.4 Å². The highest BCUT2D eigenvalue weighted by molar-refractivity contribution is 6.33. The summed E-state index contributed by atoms with van der Waals surface area (Å²) >= 11 is 12.2. The van der Waals surface area contributed by atoms with Gasteiger partial charge in [0, 0.05) is 11.4 Å². The Balaban J connectivity index is 1.47. The van der Waals surface area contributed by atoms with Crippen LogP contribution in [0.4, 0.5) is 4.39 Å². The highest BCUT2D eigenvalue weighted by atomic mass is 35.5. The molecule has 0 radical (unpaired) electrons. The summed E-state index contributed by atoms with van der Waals surface area (Å²) in [6, 6.07) is 11.2. The van der Waals surface area contributed by atoms with Gasteiger partial charge in [-0.1, -0.05) is 35.3 Å². The van der Waals surface area contributed by atoms with Gasteiger partial charge in [0.15, 0.2) is 0 Å². The molecule has 0 bridgehead atoms. The third-order valence-corrected chi connectivity index (χ3v) is 5.42. The summed E-state index contributed by atoms with van der Waals surface area (Å²) < 4.78 is 20.2. The molecule has 0 saturated carbocycles. The molecule has 2 aromatic carbocycles. The van der Waals surface area contributed by atoms with Crippen molar-refractivity contribution in [3.05, 3.63) is 80.8 Å². The maximum atomic E-state index is 13.1. The van der Waals surface area contributed by atoms with Crippen molar-refractivity contribution in [1.29, 1.82) is 0 Å². The summed E-state index contributed by atoms with van der Waals surface area (Å²) in [5, 5.41) is 5.02. The Labute approximate surface area is 200 Å². The second-order valence-electron chi connectivity index (χ2n) is 7.40. The van der Waals surface area contributed by atoms with Gasteiger partial charge in [0.05, 0.1) is 18.8 Å². The molecule has 0 spiro atoms. The zero-order chi connectivity index (χ0) is 24.0. The highest BCUT2D eigenvalue weighted by Crippen LogP contribution is 2.22. The third-order valence-electron chi connectivity index (χ3n) is 4.80. The Morgan fingerprint density at radius 1 is 1.09 bits per heavy atom. The number of carbonyl (C=O) groups is 2. The van der Waals surface area contributed by atoms with Gasteiger partial charge in [-0.3, -0.25) is 20.4 Å². The van der Waals surface area contributed by atoms with Crippen LogP contribution in [0.15, 0.2) is 42.5 Å². The standard InChI is InChI=1S/C23H23Cl2FN4O3/c1-14-12-17(24)7-10-19(14)33-11-3-4-20(31)27-28-23(32)21-15(2)29-30(22(21)25)13-16-5-8-18(26)9-6-16/h5-10,12H,3-4,11,13H2,1-2H3,(H,27,31)(H,28,32). The third kappa shape index (κ3) is 6.69. The number of rotatable bonds is 8. The van der Waals surface area contributed by atoms with Crippen LogP contribution in [-0.2, 0) is 11.3 Å². The van der Waals surface area contributed by atoms with Crippen molar-refractivity contribution in [1.82, 2.24) is 20.6 Å². The zero-order valence-electron chi connectivity index (χ0n) is 18.1. The van der Waals surface area contributed by atoms with Gasteiger partial charge in [-0.2, -0.15) is 5.10 Å². The number of hydrogen-bond acceptors (Lipinski definition) is 4. The molecule has 1 heterocycles. The van der Waals surface area contributed by atoms with Gasteiger partial charge in [-0.25, -0.2) is 9.07 Å². The lowest BCUT2D eigenvalue weighted by molar-refractivity contribution is -0.122. The van der Waals surface area contributed by atoms with E-state index in [1.54, 1.807) is 37.3 Å². The minimum absolute atomic E-state index is 0.121. The number of nitrogens with one attached hydrogen (secondary N) is 2. The second-order valence-corrected chi connectivity index (χ2v) is 8.19. The fourth-order valence-corrected chi connectivity index (χ4v) is 3.67. The average Bonchev–Trinajstić information content (AvgIpc) is 3.05. The van der Waals surface area contributed by atoms with Gasteiger partial charge in [-0.15, -0.1) is 0 Å². The number of ether oxygens (including phenoxy) is 1. The van der Waals surface area contributed by atoms with E-state index < -0.39 is 5.91 Å². The van der Waals surface area contributed by atoms with E-state index in [2.05, 4.69) is 16.0 Å². The molecule has 0 atom stereocenters. The molecule has 0 saturated heterocycles. The van der Waals surface area contributed by atoms with Crippen LogP contribution in [0.5, 0.6) is 5.75 Å². The highest BCUT2D eigenvalue weighted by Gasteiger charge is 2.21. The molecular weight excluding hydrogens is 470 g/mol. The summed E-state index contributed by atoms with van der Waals surface area (Å²) in [5.74, 6) is -0.587. The lowest BCUT2D eigenvalue weighted by Gasteiger charge is -2.10. The van der Waals surface area contributed by atoms with E-state index >= 15 is 0 Å². The average molecular weight is 493 g/mol. The number of aryl methyl sites for hydroxylation is 2. The molecular formula is C23H23Cl2FN4O3. The predicted molar refractivity (Wildman–Crippen MR) is 124 cm³/mol. The summed E-state index contributed by atoms with van der Waals surface area (Å²) in [6.07, 6.45) is 0.614. The Bertz CT molecular complexity index is 1150. The monoisotopic (exact) mass is 492 g/mol. The fourth-order valence-electron chi connectivity index (χ4n) is 3.12. The summed E-state index contributed by atoms with van der Waals surface area (Å²) in [7, 11) is 0. The van der Waals surface area contributed by atoms with Crippen LogP contribution >= 0.6 is 23.2 Å². The number of amides is 2. The molecule has 0 aliphatic rings. The molecule has 0 aliphatic carbocycles. The number of hydrogen-bond donors (Lipinski definition) is 2. The maximum Gasteiger partial charge on any atom is 0.274 e. The van der Waals surface area contributed by atoms with Gasteiger partial charge in [0.2, 0.25) is 5.91 Å². The number of nitrogens with zero attached hydrogens (tertiary/aromatic N) is 2. The molecule has 10 heteroatoms. The van der Waals surface area contributed by atoms with Crippen molar-refractivity contribution < 1.29 is 18.7 Å². The van der Waals surface area contributed by atoms with E-state index in [0.29, 0.717) is 29.5 Å². The summed E-state index contributed by atoms with van der Waals surface area (Å²) in [5.41, 5.74) is 6.97. The Morgan fingerprint density at radius 2 is 1.82 bits per heavy atom. The molecule has 3 rings (SSSR count). The van der Waals surface area contributed by atoms with Crippen LogP contribution in [0, 0.1) is 19.7 Å². The Morgan fingerprint density at radius 3 is 2.52 bits per heavy atom. The van der Waals surface area contributed by atoms with Gasteiger partial charge in [0.25, 0.3) is 5.91 Å². The number of aromatic nitrogens is 2. The Kier molecular flexibility index (Phi) is 8.30. The first-order chi connectivity index (χ1) is 15.7. The molecule has 0 aliphatic heterocycles. The number of benzene rings is 2. The van der Waals surface area contributed by atoms with Crippen molar-refractivity contribution in [3.8, 4) is 5.75 Å². The number of hydrazine groups is 1. The molecule has 7 nitrogen and oxygen atoms in total. The van der Waals surface area contributed by atoms with Crippen LogP contribution < -0.4 is 15.6 Å².